The van der Waals surface area contributed by atoms with Crippen molar-refractivity contribution in [2.75, 3.05) is 11.3 Å². The molecular weight excluding hydrogens is 518 g/mol. The number of thiazole rings is 1. The van der Waals surface area contributed by atoms with Gasteiger partial charge in [0.1, 0.15) is 16.5 Å². The summed E-state index contributed by atoms with van der Waals surface area (Å²) in [7, 11) is -4.18. The average Bonchev–Trinajstić information content (AvgIpc) is 3.33. The molecule has 1 atom stereocenters. The topological polar surface area (TPSA) is 68.3 Å². The number of ether oxygens (including phenoxy) is 1. The third kappa shape index (κ3) is 6.50. The summed E-state index contributed by atoms with van der Waals surface area (Å²) in [6, 6.07) is 9.68. The van der Waals surface area contributed by atoms with Crippen LogP contribution in [0.3, 0.4) is 0 Å². The van der Waals surface area contributed by atoms with E-state index in [4.69, 9.17) is 27.9 Å². The lowest BCUT2D eigenvalue weighted by atomic mass is 9.84. The van der Waals surface area contributed by atoms with Gasteiger partial charge in [0.2, 0.25) is 0 Å². The number of allylic oxidation sites excluding steroid dienone is 1. The molecule has 1 heterocycles. The van der Waals surface area contributed by atoms with Crippen LogP contribution in [0.5, 0.6) is 5.75 Å². The summed E-state index contributed by atoms with van der Waals surface area (Å²) in [5, 5.41) is 2.18. The van der Waals surface area contributed by atoms with E-state index in [0.29, 0.717) is 5.02 Å². The molecule has 0 aliphatic heterocycles. The Balaban J connectivity index is 0.00000158. The third-order valence-electron chi connectivity index (χ3n) is 5.13. The molecule has 1 aromatic heterocycles. The minimum atomic E-state index is -4.18. The molecule has 0 spiro atoms. The number of anilines is 1. The average molecular weight is 544 g/mol. The predicted molar refractivity (Wildman–Crippen MR) is 138 cm³/mol. The summed E-state index contributed by atoms with van der Waals surface area (Å²) in [5.41, 5.74) is 3.68. The van der Waals surface area contributed by atoms with Crippen LogP contribution in [0.2, 0.25) is 10.0 Å². The zero-order valence-corrected chi connectivity index (χ0v) is 21.9. The Morgan fingerprint density at radius 1 is 1.21 bits per heavy atom. The van der Waals surface area contributed by atoms with Crippen molar-refractivity contribution in [3.05, 3.63) is 74.8 Å². The Morgan fingerprint density at radius 3 is 2.62 bits per heavy atom. The summed E-state index contributed by atoms with van der Waals surface area (Å²) in [6.45, 7) is 4.29. The van der Waals surface area contributed by atoms with Crippen molar-refractivity contribution < 1.29 is 17.5 Å². The van der Waals surface area contributed by atoms with Gasteiger partial charge in [0.25, 0.3) is 10.0 Å². The van der Waals surface area contributed by atoms with Crippen LogP contribution in [0.15, 0.2) is 58.3 Å². The SMILES string of the molecule is CC.O=S(=O)(Nc1cscn1)c1cc(Cl)c(OCC2CCCC=C2c2ccc(Cl)cc2)cc1F. The number of hydrogen-bond donors (Lipinski definition) is 1. The highest BCUT2D eigenvalue weighted by atomic mass is 35.5. The molecule has 3 aromatic rings. The first-order valence-electron chi connectivity index (χ1n) is 10.8. The van der Waals surface area contributed by atoms with Crippen molar-refractivity contribution in [2.45, 2.75) is 38.0 Å². The summed E-state index contributed by atoms with van der Waals surface area (Å²) in [5.74, 6) is -0.648. The Bertz CT molecular complexity index is 1230. The van der Waals surface area contributed by atoms with E-state index in [2.05, 4.69) is 15.8 Å². The van der Waals surface area contributed by atoms with Crippen molar-refractivity contribution in [2.24, 2.45) is 5.92 Å². The monoisotopic (exact) mass is 542 g/mol. The van der Waals surface area contributed by atoms with E-state index in [9.17, 15) is 12.8 Å². The zero-order valence-electron chi connectivity index (χ0n) is 18.7. The van der Waals surface area contributed by atoms with Crippen molar-refractivity contribution in [3.8, 4) is 5.75 Å². The number of benzene rings is 2. The molecule has 2 aromatic carbocycles. The van der Waals surface area contributed by atoms with Crippen molar-refractivity contribution in [1.29, 1.82) is 0 Å². The van der Waals surface area contributed by atoms with Gasteiger partial charge < -0.3 is 4.74 Å². The molecule has 5 nitrogen and oxygen atoms in total. The van der Waals surface area contributed by atoms with Gasteiger partial charge in [-0.2, -0.15) is 0 Å². The maximum atomic E-state index is 14.7. The van der Waals surface area contributed by atoms with Gasteiger partial charge in [-0.25, -0.2) is 17.8 Å². The van der Waals surface area contributed by atoms with Crippen LogP contribution in [0.4, 0.5) is 10.2 Å². The maximum absolute atomic E-state index is 14.7. The highest BCUT2D eigenvalue weighted by Crippen LogP contribution is 2.36. The first-order chi connectivity index (χ1) is 16.3. The van der Waals surface area contributed by atoms with Gasteiger partial charge in [-0.1, -0.05) is 55.3 Å². The number of rotatable bonds is 7. The predicted octanol–water partition coefficient (Wildman–Crippen LogP) is 7.68. The molecule has 1 unspecified atom stereocenters. The highest BCUT2D eigenvalue weighted by molar-refractivity contribution is 7.92. The molecular formula is C24H25Cl2FN2O3S2. The molecule has 1 N–H and O–H groups in total. The van der Waals surface area contributed by atoms with Gasteiger partial charge in [-0.15, -0.1) is 11.3 Å². The fraction of sp³-hybridized carbons (Fsp3) is 0.292. The van der Waals surface area contributed by atoms with Crippen molar-refractivity contribution >= 4 is 56.0 Å². The fourth-order valence-corrected chi connectivity index (χ4v) is 5.64. The fourth-order valence-electron chi connectivity index (χ4n) is 3.59. The van der Waals surface area contributed by atoms with Crippen molar-refractivity contribution in [1.82, 2.24) is 4.98 Å². The quantitative estimate of drug-likeness (QED) is 0.332. The lowest BCUT2D eigenvalue weighted by Gasteiger charge is -2.25. The number of nitrogens with zero attached hydrogens (tertiary/aromatic N) is 1. The van der Waals surface area contributed by atoms with Crippen LogP contribution >= 0.6 is 34.5 Å². The summed E-state index contributed by atoms with van der Waals surface area (Å²) < 4.78 is 47.8. The van der Waals surface area contributed by atoms with E-state index in [-0.39, 0.29) is 29.1 Å². The maximum Gasteiger partial charge on any atom is 0.266 e. The Labute approximate surface area is 213 Å². The van der Waals surface area contributed by atoms with Gasteiger partial charge in [-0.05, 0) is 48.6 Å². The number of nitrogens with one attached hydrogen (secondary N) is 1. The molecule has 34 heavy (non-hydrogen) atoms. The number of halogens is 3. The molecule has 1 aliphatic carbocycles. The molecule has 1 aliphatic rings. The smallest absolute Gasteiger partial charge is 0.266 e. The third-order valence-corrected chi connectivity index (χ3v) is 7.63. The van der Waals surface area contributed by atoms with Gasteiger partial charge in [0.15, 0.2) is 5.82 Å². The van der Waals surface area contributed by atoms with Crippen LogP contribution < -0.4 is 9.46 Å². The van der Waals surface area contributed by atoms with Gasteiger partial charge in [0, 0.05) is 22.4 Å². The van der Waals surface area contributed by atoms with E-state index in [1.165, 1.54) is 22.2 Å². The van der Waals surface area contributed by atoms with E-state index < -0.39 is 20.7 Å². The van der Waals surface area contributed by atoms with Crippen molar-refractivity contribution in [3.63, 3.8) is 0 Å². The molecule has 4 rings (SSSR count). The van der Waals surface area contributed by atoms with Crippen LogP contribution in [0.1, 0.15) is 38.7 Å². The van der Waals surface area contributed by atoms with E-state index >= 15 is 0 Å². The Morgan fingerprint density at radius 2 is 1.94 bits per heavy atom. The Hall–Kier alpha value is -2.13. The number of hydrogen-bond acceptors (Lipinski definition) is 5. The summed E-state index contributed by atoms with van der Waals surface area (Å²) in [4.78, 5) is 3.28. The van der Waals surface area contributed by atoms with E-state index in [1.54, 1.807) is 0 Å². The van der Waals surface area contributed by atoms with Gasteiger partial charge in [-0.3, -0.25) is 4.72 Å². The van der Waals surface area contributed by atoms with E-state index in [0.717, 1.165) is 42.5 Å². The molecule has 182 valence electrons. The molecule has 0 amide bonds. The Kier molecular flexibility index (Phi) is 9.36. The van der Waals surface area contributed by atoms with Gasteiger partial charge >= 0.3 is 0 Å². The van der Waals surface area contributed by atoms with Crippen LogP contribution in [-0.4, -0.2) is 20.0 Å². The van der Waals surface area contributed by atoms with E-state index in [1.807, 2.05) is 38.1 Å². The minimum Gasteiger partial charge on any atom is -0.491 e. The highest BCUT2D eigenvalue weighted by Gasteiger charge is 2.24. The molecule has 0 fully saturated rings. The molecule has 10 heteroatoms. The molecule has 0 saturated heterocycles. The van der Waals surface area contributed by atoms with Gasteiger partial charge in [0.05, 0.1) is 17.1 Å². The first kappa shape index (κ1) is 26.5. The standard InChI is InChI=1S/C22H19Cl2FN2O3S2.C2H6/c23-16-7-5-14(6-8-16)17-4-2-1-3-15(17)11-30-20-10-19(25)21(9-18(20)24)32(28,29)27-22-12-31-13-26-22;1-2/h4-10,12-13,15,27H,1-3,11H2;1-2H3. The zero-order chi connectivity index (χ0) is 24.7. The van der Waals surface area contributed by atoms with Crippen LogP contribution in [0.25, 0.3) is 5.57 Å². The molecule has 0 saturated carbocycles. The minimum absolute atomic E-state index is 0.0119. The lowest BCUT2D eigenvalue weighted by Crippen LogP contribution is -2.18. The second-order valence-electron chi connectivity index (χ2n) is 7.30. The molecule has 0 radical (unpaired) electrons. The molecule has 0 bridgehead atoms. The number of aromatic nitrogens is 1. The second-order valence-corrected chi connectivity index (χ2v) is 10.5. The van der Waals surface area contributed by atoms with Crippen LogP contribution in [0, 0.1) is 11.7 Å². The lowest BCUT2D eigenvalue weighted by molar-refractivity contribution is 0.267. The number of sulfonamides is 1. The largest absolute Gasteiger partial charge is 0.491 e. The first-order valence-corrected chi connectivity index (χ1v) is 14.0. The summed E-state index contributed by atoms with van der Waals surface area (Å²) >= 11 is 13.5. The summed E-state index contributed by atoms with van der Waals surface area (Å²) in [6.07, 6.45) is 5.09. The second kappa shape index (κ2) is 12.0. The van der Waals surface area contributed by atoms with Crippen LogP contribution in [-0.2, 0) is 10.0 Å². The normalized spacial score (nSPS) is 15.7.